The molecular weight excluding hydrogens is 1930 g/mol. The van der Waals surface area contributed by atoms with Gasteiger partial charge in [-0.05, 0) is 193 Å². The van der Waals surface area contributed by atoms with Crippen molar-refractivity contribution in [2.24, 2.45) is 23.3 Å². The number of hydrazine groups is 1. The van der Waals surface area contributed by atoms with Gasteiger partial charge in [-0.25, -0.2) is 10.9 Å². The lowest BCUT2D eigenvalue weighted by Crippen LogP contribution is -2.65. The summed E-state index contributed by atoms with van der Waals surface area (Å²) in [7, 11) is 0. The quantitative estimate of drug-likeness (QED) is 0.0130. The third-order valence-corrected chi connectivity index (χ3v) is 26.7. The first-order valence-corrected chi connectivity index (χ1v) is 52.1. The number of amides is 9. The molecule has 9 amide bonds. The summed E-state index contributed by atoms with van der Waals surface area (Å²) in [5, 5.41) is 75.4. The van der Waals surface area contributed by atoms with Crippen LogP contribution in [0.15, 0.2) is 97.2 Å². The predicted octanol–water partition coefficient (Wildman–Crippen LogP) is 1.85. The van der Waals surface area contributed by atoms with Crippen LogP contribution in [-0.4, -0.2) is 285 Å². The van der Waals surface area contributed by atoms with Crippen LogP contribution in [0, 0.1) is 11.8 Å². The van der Waals surface area contributed by atoms with Gasteiger partial charge in [-0.3, -0.25) is 117 Å². The summed E-state index contributed by atoms with van der Waals surface area (Å²) in [4.78, 5) is 282. The number of phenolic OH excluding ortho intramolecular Hbond substituents is 1. The van der Waals surface area contributed by atoms with Crippen molar-refractivity contribution in [1.82, 2.24) is 95.6 Å². The third kappa shape index (κ3) is 46.3. The Kier molecular flexibility index (Phi) is 56.2. The lowest BCUT2D eigenvalue weighted by atomic mass is 9.88. The summed E-state index contributed by atoms with van der Waals surface area (Å²) in [6.45, 7) is 23.7. The van der Waals surface area contributed by atoms with Gasteiger partial charge in [0.1, 0.15) is 47.0 Å². The minimum atomic E-state index is -2.09. The standard InChI is InChI=1S/C107H164N20O23/c1-62(2)52-83(119-72(13)129)101(146)123-96(71(12)128)104(149)121-85(55-73-30-24-23-25-31-73)103(148)125-107(15)48-29-22-20-18-16-17-19-21-28-47-106(14,93(138)59-113-67(8)89(134)45-50-111-65(6)87(132)41-40-86(131)64(5)110-49-44-88(133)66(7)112-51-46-90(135)68(9)115-60-117-70(11)99(109)144)124-102(147)84(53-63(3)4)120-100(145)80(38-42-94(108)139)118-61-116-69(10)91(136)57-92(137)81(56-75-58-114-78-33-27-26-32-77(75)78)126-127-82(54-74-34-36-76(130)37-35-74)98(143)97(142)79(122-105(107)150)39-43-95(140)141/h17,19,23-27,30-37,58,62-71,79-85,96,110-118,126-128,130H,16,18,20-22,28-29,38-57,59-61H2,1-15H3,(H2,108,139)(H2,109,144)(H,119,129)(H,120,145)(H,121,149)(H,122,150)(H,123,146)(H,124,147)(H,125,148)(H,140,141)/t64-,65-,66-,67-,68-,69-,70+,71+,79-,80-,81-,82-,83-,84-,85-,96-,106-,107+/m0/s1. The number of aromatic hydroxyl groups is 1. The van der Waals surface area contributed by atoms with Crippen LogP contribution in [0.25, 0.3) is 10.9 Å². The molecule has 5 rings (SSSR count). The number of aliphatic hydroxyl groups is 1. The number of para-hydroxylation sites is 1. The first kappa shape index (κ1) is 128. The number of carbonyl (C=O) groups excluding carboxylic acids is 19. The molecule has 0 bridgehead atoms. The summed E-state index contributed by atoms with van der Waals surface area (Å²) in [6, 6.07) is 3.76. The molecule has 0 fully saturated rings. The number of fused-ring (bicyclic) bond motifs is 1. The molecule has 0 aliphatic carbocycles. The number of hydrogen-bond donors (Lipinski definition) is 23. The van der Waals surface area contributed by atoms with Crippen LogP contribution in [0.1, 0.15) is 255 Å². The zero-order valence-corrected chi connectivity index (χ0v) is 89.5. The summed E-state index contributed by atoms with van der Waals surface area (Å²) >= 11 is 0. The number of allylic oxidation sites excluding steroid dienone is 2. The van der Waals surface area contributed by atoms with Gasteiger partial charge in [0.25, 0.3) is 0 Å². The first-order chi connectivity index (χ1) is 70.8. The number of carbonyl (C=O) groups is 20. The van der Waals surface area contributed by atoms with E-state index in [0.717, 1.165) is 0 Å². The van der Waals surface area contributed by atoms with Crippen LogP contribution in [0.4, 0.5) is 0 Å². The van der Waals surface area contributed by atoms with E-state index < -0.39 is 222 Å². The summed E-state index contributed by atoms with van der Waals surface area (Å²) in [5.41, 5.74) is 15.0. The Labute approximate surface area is 878 Å². The maximum absolute atomic E-state index is 15.6. The number of Topliss-reactive ketones (excluding diaryl/α,β-unsaturated/α-hetero) is 10. The average molecular weight is 2100 g/mol. The number of H-pyrrole nitrogens is 1. The Bertz CT molecular complexity index is 5210. The molecule has 1 aromatic heterocycles. The summed E-state index contributed by atoms with van der Waals surface area (Å²) < 4.78 is 0. The van der Waals surface area contributed by atoms with E-state index in [2.05, 4.69) is 95.6 Å². The van der Waals surface area contributed by atoms with E-state index in [0.29, 0.717) is 66.1 Å². The Hall–Kier alpha value is -12.3. The molecule has 0 saturated heterocycles. The number of nitrogens with one attached hydrogen (secondary N) is 18. The van der Waals surface area contributed by atoms with Crippen LogP contribution >= 0.6 is 0 Å². The highest BCUT2D eigenvalue weighted by Crippen LogP contribution is 2.25. The molecule has 3 aromatic carbocycles. The molecule has 150 heavy (non-hydrogen) atoms. The number of aliphatic carboxylic acids is 1. The second-order valence-electron chi connectivity index (χ2n) is 40.6. The van der Waals surface area contributed by atoms with Crippen LogP contribution < -0.4 is 102 Å². The number of ketones is 10. The fourth-order valence-corrected chi connectivity index (χ4v) is 16.8. The number of nitrogens with two attached hydrogens (primary N) is 2. The van der Waals surface area contributed by atoms with E-state index in [1.54, 1.807) is 116 Å². The van der Waals surface area contributed by atoms with Crippen LogP contribution in [0.2, 0.25) is 0 Å². The minimum absolute atomic E-state index is 0.0296. The molecule has 1 aliphatic heterocycles. The highest BCUT2D eigenvalue weighted by atomic mass is 16.4. The average Bonchev–Trinajstić information content (AvgIpc) is 1.38. The molecular formula is C107H164N20O23. The van der Waals surface area contributed by atoms with Crippen molar-refractivity contribution >= 4 is 128 Å². The Balaban J connectivity index is 1.45. The third-order valence-electron chi connectivity index (χ3n) is 26.7. The molecule has 0 unspecified atom stereocenters. The second-order valence-corrected chi connectivity index (χ2v) is 40.6. The molecule has 0 saturated carbocycles. The van der Waals surface area contributed by atoms with Crippen LogP contribution in [-0.2, 0) is 115 Å². The molecule has 0 radical (unpaired) electrons. The molecule has 830 valence electrons. The largest absolute Gasteiger partial charge is 0.508 e. The summed E-state index contributed by atoms with van der Waals surface area (Å²) in [6.07, 6.45) is 3.01. The van der Waals surface area contributed by atoms with Crippen LogP contribution in [0.3, 0.4) is 0 Å². The molecule has 1 aliphatic rings. The van der Waals surface area contributed by atoms with Gasteiger partial charge in [0.05, 0.1) is 91.1 Å². The van der Waals surface area contributed by atoms with Gasteiger partial charge in [0.15, 0.2) is 34.7 Å². The van der Waals surface area contributed by atoms with E-state index in [1.165, 1.54) is 58.9 Å². The van der Waals surface area contributed by atoms with E-state index in [1.807, 2.05) is 26.0 Å². The fraction of sp³-hybridized carbons (Fsp3) is 0.607. The highest BCUT2D eigenvalue weighted by molar-refractivity contribution is 6.41. The Morgan fingerprint density at radius 1 is 0.500 bits per heavy atom. The van der Waals surface area contributed by atoms with Crippen molar-refractivity contribution in [2.75, 3.05) is 39.5 Å². The minimum Gasteiger partial charge on any atom is -0.508 e. The topological polar surface area (TPSA) is 674 Å². The smallest absolute Gasteiger partial charge is 0.303 e. The Morgan fingerprint density at radius 2 is 1.05 bits per heavy atom. The number of aromatic nitrogens is 1. The second kappa shape index (κ2) is 65.7. The van der Waals surface area contributed by atoms with Crippen molar-refractivity contribution in [3.63, 3.8) is 0 Å². The van der Waals surface area contributed by atoms with Gasteiger partial charge in [0, 0.05) is 108 Å². The van der Waals surface area contributed by atoms with Crippen molar-refractivity contribution in [3.05, 3.63) is 114 Å². The lowest BCUT2D eigenvalue weighted by molar-refractivity contribution is -0.143. The predicted molar refractivity (Wildman–Crippen MR) is 564 cm³/mol. The summed E-state index contributed by atoms with van der Waals surface area (Å²) in [5.74, 6) is -15.0. The van der Waals surface area contributed by atoms with E-state index >= 15 is 28.8 Å². The maximum Gasteiger partial charge on any atom is 0.303 e. The zero-order chi connectivity index (χ0) is 112. The van der Waals surface area contributed by atoms with Gasteiger partial charge in [-0.2, -0.15) is 0 Å². The van der Waals surface area contributed by atoms with Gasteiger partial charge in [0.2, 0.25) is 64.7 Å². The lowest BCUT2D eigenvalue weighted by Gasteiger charge is -2.34. The molecule has 43 nitrogen and oxygen atoms in total. The number of aliphatic hydroxyl groups excluding tert-OH is 1. The van der Waals surface area contributed by atoms with Gasteiger partial charge >= 0.3 is 5.97 Å². The maximum atomic E-state index is 15.6. The van der Waals surface area contributed by atoms with E-state index in [4.69, 9.17) is 11.5 Å². The van der Waals surface area contributed by atoms with Crippen molar-refractivity contribution in [3.8, 4) is 5.75 Å². The van der Waals surface area contributed by atoms with Crippen molar-refractivity contribution < 1.29 is 111 Å². The van der Waals surface area contributed by atoms with E-state index in [9.17, 15) is 82.4 Å². The molecule has 43 heteroatoms. The number of carboxylic acids is 1. The van der Waals surface area contributed by atoms with E-state index in [-0.39, 0.29) is 176 Å². The first-order valence-electron chi connectivity index (χ1n) is 52.1. The normalized spacial score (nSPS) is 21.4. The van der Waals surface area contributed by atoms with Crippen molar-refractivity contribution in [1.29, 1.82) is 0 Å². The van der Waals surface area contributed by atoms with Crippen molar-refractivity contribution in [2.45, 2.75) is 366 Å². The molecule has 2 heterocycles. The number of aromatic amines is 1. The molecule has 4 aromatic rings. The fourth-order valence-electron chi connectivity index (χ4n) is 16.8. The molecule has 18 atom stereocenters. The molecule has 0 spiro atoms. The number of phenols is 1. The van der Waals surface area contributed by atoms with Gasteiger partial charge < -0.3 is 90.3 Å². The zero-order valence-electron chi connectivity index (χ0n) is 89.5. The van der Waals surface area contributed by atoms with Gasteiger partial charge in [-0.1, -0.05) is 120 Å². The number of rotatable bonds is 53. The van der Waals surface area contributed by atoms with Gasteiger partial charge in [-0.15, -0.1) is 0 Å². The molecule has 25 N–H and O–H groups in total. The number of primary amides is 2. The highest BCUT2D eigenvalue weighted by Gasteiger charge is 2.44. The Morgan fingerprint density at radius 3 is 1.62 bits per heavy atom. The van der Waals surface area contributed by atoms with Crippen LogP contribution in [0.5, 0.6) is 5.75 Å². The number of hydrogen-bond acceptors (Lipinski definition) is 32. The monoisotopic (exact) mass is 2100 g/mol. The number of benzene rings is 3. The SMILES string of the molecule is CC(=O)N[C@@H](CC(C)C)C(=O)N[C@H](C(=O)N[C@@H](Cc1ccccc1)C(=O)N[C@]1(C)CCCCCCC=CCCC[C@@](C)(C(=O)CN[C@@H](C)C(=O)CCN[C@@H](C)C(=O)CCC(=O)[C@H](C)NCCC(=O)[C@H](C)NCCC(=O)[C@H](C)NCN[C@H](C)C(N)=O)NC(=O)[C@H](CC(C)C)NC(=O)[C@H](CCC(N)=O)NCN[C@@H](C)C(=O)CC(=O)[C@H](Cc2c[nH]c3ccccc23)NN[C@@H](Cc2ccc(O)cc2)C(=O)C(=O)[C@H](CCC(=O)O)NC1=O)[C@@H](C)O. The number of carboxylic acid groups (broad SMARTS) is 1.